The summed E-state index contributed by atoms with van der Waals surface area (Å²) in [5.74, 6) is 0.890. The van der Waals surface area contributed by atoms with Crippen LogP contribution in [0.4, 0.5) is 10.1 Å². The smallest absolute Gasteiger partial charge is 0.234 e. The molecule has 0 aliphatic heterocycles. The molecule has 3 rings (SSSR count). The van der Waals surface area contributed by atoms with E-state index in [2.05, 4.69) is 22.1 Å². The van der Waals surface area contributed by atoms with Crippen molar-refractivity contribution in [2.75, 3.05) is 11.1 Å². The SMILES string of the molecule is C=CCn1c(SCC(=O)Nc2ccc(F)cc2Cl)nnc1C1CCCCC1. The summed E-state index contributed by atoms with van der Waals surface area (Å²) in [5, 5.41) is 12.3. The average molecular weight is 409 g/mol. The van der Waals surface area contributed by atoms with Crippen LogP contribution in [-0.4, -0.2) is 26.4 Å². The largest absolute Gasteiger partial charge is 0.324 e. The van der Waals surface area contributed by atoms with E-state index >= 15 is 0 Å². The molecule has 1 aliphatic carbocycles. The van der Waals surface area contributed by atoms with Gasteiger partial charge in [-0.05, 0) is 31.0 Å². The summed E-state index contributed by atoms with van der Waals surface area (Å²) in [6.07, 6.45) is 7.79. The van der Waals surface area contributed by atoms with Gasteiger partial charge >= 0.3 is 0 Å². The van der Waals surface area contributed by atoms with E-state index in [1.807, 2.05) is 10.6 Å². The summed E-state index contributed by atoms with van der Waals surface area (Å²) >= 11 is 7.27. The van der Waals surface area contributed by atoms with Crippen molar-refractivity contribution in [1.29, 1.82) is 0 Å². The number of amides is 1. The zero-order valence-corrected chi connectivity index (χ0v) is 16.5. The highest BCUT2D eigenvalue weighted by Crippen LogP contribution is 2.33. The van der Waals surface area contributed by atoms with Gasteiger partial charge in [-0.15, -0.1) is 16.8 Å². The second kappa shape index (κ2) is 9.37. The van der Waals surface area contributed by atoms with E-state index in [0.717, 1.165) is 18.7 Å². The number of carbonyl (C=O) groups is 1. The highest BCUT2D eigenvalue weighted by atomic mass is 35.5. The number of rotatable bonds is 7. The Bertz CT molecular complexity index is 820. The summed E-state index contributed by atoms with van der Waals surface area (Å²) in [5.41, 5.74) is 0.388. The van der Waals surface area contributed by atoms with Crippen LogP contribution in [0.15, 0.2) is 36.0 Å². The summed E-state index contributed by atoms with van der Waals surface area (Å²) in [7, 11) is 0. The minimum absolute atomic E-state index is 0.160. The number of thioether (sulfide) groups is 1. The minimum Gasteiger partial charge on any atom is -0.324 e. The van der Waals surface area contributed by atoms with Crippen LogP contribution in [0, 0.1) is 5.82 Å². The second-order valence-electron chi connectivity index (χ2n) is 6.54. The number of allylic oxidation sites excluding steroid dienone is 1. The lowest BCUT2D eigenvalue weighted by molar-refractivity contribution is -0.113. The van der Waals surface area contributed by atoms with Gasteiger partial charge in [0.2, 0.25) is 5.91 Å². The van der Waals surface area contributed by atoms with Gasteiger partial charge in [0, 0.05) is 12.5 Å². The Kier molecular flexibility index (Phi) is 6.90. The molecule has 1 amide bonds. The van der Waals surface area contributed by atoms with Crippen molar-refractivity contribution >= 4 is 35.0 Å². The van der Waals surface area contributed by atoms with Gasteiger partial charge in [0.1, 0.15) is 11.6 Å². The number of hydrogen-bond acceptors (Lipinski definition) is 4. The third-order valence-corrected chi connectivity index (χ3v) is 5.84. The molecule has 1 aromatic carbocycles. The average Bonchev–Trinajstić information content (AvgIpc) is 3.06. The maximum atomic E-state index is 13.1. The first-order valence-electron chi connectivity index (χ1n) is 9.00. The zero-order valence-electron chi connectivity index (χ0n) is 15.0. The predicted octanol–water partition coefficient (Wildman–Crippen LogP) is 5.04. The molecular weight excluding hydrogens is 387 g/mol. The summed E-state index contributed by atoms with van der Waals surface area (Å²) < 4.78 is 15.1. The van der Waals surface area contributed by atoms with Crippen LogP contribution in [0.2, 0.25) is 5.02 Å². The number of nitrogens with one attached hydrogen (secondary N) is 1. The number of nitrogens with zero attached hydrogens (tertiary/aromatic N) is 3. The van der Waals surface area contributed by atoms with Gasteiger partial charge in [0.25, 0.3) is 0 Å². The van der Waals surface area contributed by atoms with Crippen LogP contribution in [0.5, 0.6) is 0 Å². The molecule has 2 aromatic rings. The summed E-state index contributed by atoms with van der Waals surface area (Å²) in [6, 6.07) is 3.87. The fourth-order valence-corrected chi connectivity index (χ4v) is 4.25. The third kappa shape index (κ3) is 5.11. The Morgan fingerprint density at radius 2 is 2.15 bits per heavy atom. The molecule has 1 aromatic heterocycles. The predicted molar refractivity (Wildman–Crippen MR) is 107 cm³/mol. The molecule has 0 bridgehead atoms. The fraction of sp³-hybridized carbons (Fsp3) is 0.421. The molecule has 1 aliphatic rings. The number of carbonyl (C=O) groups excluding carboxylic acids is 1. The van der Waals surface area contributed by atoms with E-state index in [9.17, 15) is 9.18 Å². The molecule has 1 heterocycles. The van der Waals surface area contributed by atoms with Crippen LogP contribution < -0.4 is 5.32 Å². The van der Waals surface area contributed by atoms with Crippen LogP contribution in [0.1, 0.15) is 43.8 Å². The first-order chi connectivity index (χ1) is 13.1. The summed E-state index contributed by atoms with van der Waals surface area (Å²) in [4.78, 5) is 12.2. The molecule has 0 saturated heterocycles. The van der Waals surface area contributed by atoms with Crippen LogP contribution in [-0.2, 0) is 11.3 Å². The normalized spacial score (nSPS) is 14.9. The van der Waals surface area contributed by atoms with Crippen molar-refractivity contribution in [3.8, 4) is 0 Å². The zero-order chi connectivity index (χ0) is 19.2. The lowest BCUT2D eigenvalue weighted by atomic mass is 9.89. The standard InChI is InChI=1S/C19H22ClFN4OS/c1-2-10-25-18(13-6-4-3-5-7-13)23-24-19(25)27-12-17(26)22-16-9-8-14(21)11-15(16)20/h2,8-9,11,13H,1,3-7,10,12H2,(H,22,26). The third-order valence-electron chi connectivity index (χ3n) is 4.57. The molecule has 8 heteroatoms. The van der Waals surface area contributed by atoms with Crippen molar-refractivity contribution < 1.29 is 9.18 Å². The van der Waals surface area contributed by atoms with E-state index in [-0.39, 0.29) is 16.7 Å². The van der Waals surface area contributed by atoms with Crippen LogP contribution >= 0.6 is 23.4 Å². The van der Waals surface area contributed by atoms with E-state index < -0.39 is 5.82 Å². The monoisotopic (exact) mass is 408 g/mol. The van der Waals surface area contributed by atoms with E-state index in [0.29, 0.717) is 23.3 Å². The van der Waals surface area contributed by atoms with Gasteiger partial charge in [-0.25, -0.2) is 4.39 Å². The van der Waals surface area contributed by atoms with Crippen LogP contribution in [0.25, 0.3) is 0 Å². The van der Waals surface area contributed by atoms with Crippen molar-refractivity contribution in [2.24, 2.45) is 0 Å². The van der Waals surface area contributed by atoms with E-state index in [1.54, 1.807) is 0 Å². The highest BCUT2D eigenvalue weighted by molar-refractivity contribution is 7.99. The van der Waals surface area contributed by atoms with Gasteiger partial charge < -0.3 is 9.88 Å². The molecular formula is C19H22ClFN4OS. The fourth-order valence-electron chi connectivity index (χ4n) is 3.28. The molecule has 1 N–H and O–H groups in total. The van der Waals surface area contributed by atoms with Crippen LogP contribution in [0.3, 0.4) is 0 Å². The first-order valence-corrected chi connectivity index (χ1v) is 10.4. The first kappa shape index (κ1) is 19.9. The van der Waals surface area contributed by atoms with E-state index in [1.165, 1.54) is 49.2 Å². The molecule has 144 valence electrons. The Labute approximate surface area is 167 Å². The molecule has 5 nitrogen and oxygen atoms in total. The van der Waals surface area contributed by atoms with Gasteiger partial charge in [-0.2, -0.15) is 0 Å². The topological polar surface area (TPSA) is 59.8 Å². The van der Waals surface area contributed by atoms with Gasteiger partial charge in [0.15, 0.2) is 5.16 Å². The molecule has 0 unspecified atom stereocenters. The second-order valence-corrected chi connectivity index (χ2v) is 7.89. The highest BCUT2D eigenvalue weighted by Gasteiger charge is 2.23. The van der Waals surface area contributed by atoms with Gasteiger partial charge in [0.05, 0.1) is 16.5 Å². The molecule has 1 saturated carbocycles. The van der Waals surface area contributed by atoms with Gasteiger partial charge in [-0.1, -0.05) is 48.7 Å². The van der Waals surface area contributed by atoms with Crippen molar-refractivity contribution in [3.63, 3.8) is 0 Å². The number of benzene rings is 1. The Hall–Kier alpha value is -1.86. The molecule has 0 atom stereocenters. The van der Waals surface area contributed by atoms with Crippen molar-refractivity contribution in [3.05, 3.63) is 47.5 Å². The quantitative estimate of drug-likeness (QED) is 0.515. The number of aromatic nitrogens is 3. The summed E-state index contributed by atoms with van der Waals surface area (Å²) in [6.45, 7) is 4.44. The van der Waals surface area contributed by atoms with Crippen molar-refractivity contribution in [1.82, 2.24) is 14.8 Å². The maximum Gasteiger partial charge on any atom is 0.234 e. The molecule has 0 radical (unpaired) electrons. The van der Waals surface area contributed by atoms with Gasteiger partial charge in [-0.3, -0.25) is 4.79 Å². The Balaban J connectivity index is 1.65. The minimum atomic E-state index is -0.444. The number of hydrogen-bond donors (Lipinski definition) is 1. The Morgan fingerprint density at radius 1 is 1.37 bits per heavy atom. The maximum absolute atomic E-state index is 13.1. The molecule has 27 heavy (non-hydrogen) atoms. The molecule has 1 fully saturated rings. The Morgan fingerprint density at radius 3 is 2.85 bits per heavy atom. The van der Waals surface area contributed by atoms with Crippen molar-refractivity contribution in [2.45, 2.75) is 49.7 Å². The van der Waals surface area contributed by atoms with E-state index in [4.69, 9.17) is 11.6 Å². The number of anilines is 1. The lowest BCUT2D eigenvalue weighted by Crippen LogP contribution is -2.16. The molecule has 0 spiro atoms. The number of halogens is 2. The lowest BCUT2D eigenvalue weighted by Gasteiger charge is -2.21.